The Balaban J connectivity index is 2.08. The molecule has 1 aromatic heterocycles. The minimum absolute atomic E-state index is 0.500. The van der Waals surface area contributed by atoms with Gasteiger partial charge in [0.15, 0.2) is 0 Å². The van der Waals surface area contributed by atoms with E-state index >= 15 is 0 Å². The van der Waals surface area contributed by atoms with Crippen molar-refractivity contribution in [2.45, 2.75) is 12.3 Å². The van der Waals surface area contributed by atoms with Gasteiger partial charge >= 0.3 is 5.97 Å². The fraction of sp³-hybridized carbons (Fsp3) is 0.118. The molecule has 100 valence electrons. The van der Waals surface area contributed by atoms with Gasteiger partial charge in [0.25, 0.3) is 0 Å². The highest BCUT2D eigenvalue weighted by Crippen LogP contribution is 2.29. The van der Waals surface area contributed by atoms with Gasteiger partial charge in [0.05, 0.1) is 5.92 Å². The molecule has 1 heterocycles. The van der Waals surface area contributed by atoms with Gasteiger partial charge in [-0.2, -0.15) is 0 Å². The number of carbonyl (C=O) groups is 1. The topological polar surface area (TPSA) is 37.3 Å². The van der Waals surface area contributed by atoms with Crippen LogP contribution >= 0.6 is 11.3 Å². The Hall–Kier alpha value is -2.13. The fourth-order valence-electron chi connectivity index (χ4n) is 2.51. The molecule has 0 bridgehead atoms. The Labute approximate surface area is 121 Å². The fourth-order valence-corrected chi connectivity index (χ4v) is 3.27. The average molecular weight is 282 g/mol. The maximum absolute atomic E-state index is 11.7. The van der Waals surface area contributed by atoms with Crippen LogP contribution in [0.5, 0.6) is 0 Å². The van der Waals surface area contributed by atoms with Gasteiger partial charge in [0.2, 0.25) is 0 Å². The second-order valence-corrected chi connectivity index (χ2v) is 5.77. The minimum atomic E-state index is -0.769. The van der Waals surface area contributed by atoms with Gasteiger partial charge in [-0.05, 0) is 34.2 Å². The molecule has 3 rings (SSSR count). The van der Waals surface area contributed by atoms with E-state index in [1.807, 2.05) is 60.0 Å². The third-order valence-corrected chi connectivity index (χ3v) is 4.38. The molecular formula is C17H14O2S. The van der Waals surface area contributed by atoms with E-state index in [0.29, 0.717) is 6.42 Å². The monoisotopic (exact) mass is 282 g/mol. The van der Waals surface area contributed by atoms with E-state index < -0.39 is 11.9 Å². The van der Waals surface area contributed by atoms with Crippen molar-refractivity contribution < 1.29 is 9.90 Å². The van der Waals surface area contributed by atoms with Crippen molar-refractivity contribution in [2.24, 2.45) is 0 Å². The molecule has 20 heavy (non-hydrogen) atoms. The minimum Gasteiger partial charge on any atom is -0.481 e. The number of carboxylic acids is 1. The summed E-state index contributed by atoms with van der Waals surface area (Å²) in [7, 11) is 0. The van der Waals surface area contributed by atoms with Crippen LogP contribution in [-0.4, -0.2) is 11.1 Å². The van der Waals surface area contributed by atoms with Gasteiger partial charge in [0.1, 0.15) is 0 Å². The van der Waals surface area contributed by atoms with Gasteiger partial charge < -0.3 is 5.11 Å². The predicted molar refractivity (Wildman–Crippen MR) is 82.3 cm³/mol. The summed E-state index contributed by atoms with van der Waals surface area (Å²) in [6, 6.07) is 17.8. The van der Waals surface area contributed by atoms with E-state index in [4.69, 9.17) is 0 Å². The molecule has 0 aliphatic carbocycles. The van der Waals surface area contributed by atoms with E-state index in [-0.39, 0.29) is 0 Å². The van der Waals surface area contributed by atoms with Crippen LogP contribution in [0, 0.1) is 0 Å². The van der Waals surface area contributed by atoms with Crippen LogP contribution in [0.3, 0.4) is 0 Å². The van der Waals surface area contributed by atoms with Gasteiger partial charge in [-0.1, -0.05) is 48.5 Å². The van der Waals surface area contributed by atoms with Crippen molar-refractivity contribution in [3.8, 4) is 0 Å². The van der Waals surface area contributed by atoms with Crippen LogP contribution in [0.2, 0.25) is 0 Å². The molecule has 0 fully saturated rings. The van der Waals surface area contributed by atoms with E-state index in [0.717, 1.165) is 21.2 Å². The molecule has 1 atom stereocenters. The molecule has 0 aliphatic heterocycles. The molecule has 0 spiro atoms. The lowest BCUT2D eigenvalue weighted by molar-refractivity contribution is -0.138. The molecule has 1 unspecified atom stereocenters. The molecule has 0 saturated carbocycles. The number of thiophene rings is 1. The number of hydrogen-bond donors (Lipinski definition) is 1. The molecule has 1 N–H and O–H groups in total. The van der Waals surface area contributed by atoms with Gasteiger partial charge in [-0.15, -0.1) is 11.3 Å². The summed E-state index contributed by atoms with van der Waals surface area (Å²) in [5, 5.41) is 13.7. The molecule has 3 heteroatoms. The third-order valence-electron chi connectivity index (χ3n) is 3.48. The van der Waals surface area contributed by atoms with Gasteiger partial charge in [0, 0.05) is 4.88 Å². The molecule has 0 amide bonds. The van der Waals surface area contributed by atoms with Crippen LogP contribution in [-0.2, 0) is 11.2 Å². The van der Waals surface area contributed by atoms with Gasteiger partial charge in [-0.3, -0.25) is 4.79 Å². The van der Waals surface area contributed by atoms with Crippen molar-refractivity contribution in [2.75, 3.05) is 0 Å². The lowest BCUT2D eigenvalue weighted by atomic mass is 9.90. The van der Waals surface area contributed by atoms with Crippen molar-refractivity contribution in [3.63, 3.8) is 0 Å². The second kappa shape index (κ2) is 5.47. The van der Waals surface area contributed by atoms with Crippen molar-refractivity contribution in [1.29, 1.82) is 0 Å². The Morgan fingerprint density at radius 1 is 1.05 bits per heavy atom. The SMILES string of the molecule is O=C(O)C(Cc1cccs1)c1cccc2ccccc12. The number of fused-ring (bicyclic) bond motifs is 1. The van der Waals surface area contributed by atoms with Crippen LogP contribution in [0.15, 0.2) is 60.0 Å². The lowest BCUT2D eigenvalue weighted by Gasteiger charge is -2.14. The number of hydrogen-bond acceptors (Lipinski definition) is 2. The maximum Gasteiger partial charge on any atom is 0.311 e. The van der Waals surface area contributed by atoms with Crippen LogP contribution in [0.1, 0.15) is 16.4 Å². The Kier molecular flexibility index (Phi) is 3.52. The third kappa shape index (κ3) is 2.45. The number of benzene rings is 2. The molecule has 2 aromatic carbocycles. The molecule has 2 nitrogen and oxygen atoms in total. The number of aliphatic carboxylic acids is 1. The zero-order valence-corrected chi connectivity index (χ0v) is 11.6. The number of carboxylic acid groups (broad SMARTS) is 1. The van der Waals surface area contributed by atoms with Gasteiger partial charge in [-0.25, -0.2) is 0 Å². The summed E-state index contributed by atoms with van der Waals surface area (Å²) in [5.41, 5.74) is 0.893. The molecule has 0 radical (unpaired) electrons. The normalized spacial score (nSPS) is 12.4. The predicted octanol–water partition coefficient (Wildman–Crippen LogP) is 4.31. The van der Waals surface area contributed by atoms with E-state index in [9.17, 15) is 9.90 Å². The largest absolute Gasteiger partial charge is 0.481 e. The van der Waals surface area contributed by atoms with E-state index in [1.165, 1.54) is 0 Å². The summed E-state index contributed by atoms with van der Waals surface area (Å²) in [5.74, 6) is -1.27. The Morgan fingerprint density at radius 3 is 2.60 bits per heavy atom. The molecule has 0 saturated heterocycles. The highest BCUT2D eigenvalue weighted by atomic mass is 32.1. The highest BCUT2D eigenvalue weighted by Gasteiger charge is 2.22. The van der Waals surface area contributed by atoms with Crippen LogP contribution in [0.25, 0.3) is 10.8 Å². The average Bonchev–Trinajstić information content (AvgIpc) is 2.97. The smallest absolute Gasteiger partial charge is 0.311 e. The molecule has 3 aromatic rings. The second-order valence-electron chi connectivity index (χ2n) is 4.74. The quantitative estimate of drug-likeness (QED) is 0.774. The summed E-state index contributed by atoms with van der Waals surface area (Å²) >= 11 is 1.61. The zero-order valence-electron chi connectivity index (χ0n) is 10.8. The first kappa shape index (κ1) is 12.9. The summed E-state index contributed by atoms with van der Waals surface area (Å²) < 4.78 is 0. The summed E-state index contributed by atoms with van der Waals surface area (Å²) in [4.78, 5) is 12.8. The zero-order chi connectivity index (χ0) is 13.9. The van der Waals surface area contributed by atoms with Crippen LogP contribution in [0.4, 0.5) is 0 Å². The maximum atomic E-state index is 11.7. The standard InChI is InChI=1S/C17H14O2S/c18-17(19)16(11-13-7-4-10-20-13)15-9-3-6-12-5-1-2-8-14(12)15/h1-10,16H,11H2,(H,18,19). The first-order valence-electron chi connectivity index (χ1n) is 6.48. The number of rotatable bonds is 4. The van der Waals surface area contributed by atoms with Crippen molar-refractivity contribution >= 4 is 28.1 Å². The Morgan fingerprint density at radius 2 is 1.85 bits per heavy atom. The first-order valence-corrected chi connectivity index (χ1v) is 7.36. The Bertz CT molecular complexity index is 726. The molecule has 0 aliphatic rings. The highest BCUT2D eigenvalue weighted by molar-refractivity contribution is 7.09. The summed E-state index contributed by atoms with van der Waals surface area (Å²) in [6.07, 6.45) is 0.543. The van der Waals surface area contributed by atoms with Crippen molar-refractivity contribution in [3.05, 3.63) is 70.4 Å². The molecular weight excluding hydrogens is 268 g/mol. The summed E-state index contributed by atoms with van der Waals surface area (Å²) in [6.45, 7) is 0. The first-order chi connectivity index (χ1) is 9.75. The van der Waals surface area contributed by atoms with Crippen LogP contribution < -0.4 is 0 Å². The van der Waals surface area contributed by atoms with E-state index in [1.54, 1.807) is 11.3 Å². The van der Waals surface area contributed by atoms with Crippen molar-refractivity contribution in [1.82, 2.24) is 0 Å². The lowest BCUT2D eigenvalue weighted by Crippen LogP contribution is -2.14. The van der Waals surface area contributed by atoms with E-state index in [2.05, 4.69) is 0 Å².